The Morgan fingerprint density at radius 1 is 0.886 bits per heavy atom. The van der Waals surface area contributed by atoms with Crippen LogP contribution in [0.3, 0.4) is 0 Å². The Bertz CT molecular complexity index is 1200. The van der Waals surface area contributed by atoms with Crippen molar-refractivity contribution in [3.63, 3.8) is 0 Å². The molecule has 0 bridgehead atoms. The van der Waals surface area contributed by atoms with Gasteiger partial charge in [0, 0.05) is 20.5 Å². The van der Waals surface area contributed by atoms with Crippen LogP contribution >= 0.6 is 0 Å². The number of carboxylic acids is 1. The molecule has 0 aromatic heterocycles. The van der Waals surface area contributed by atoms with Crippen LogP contribution in [0.15, 0.2) is 72.8 Å². The summed E-state index contributed by atoms with van der Waals surface area (Å²) in [6.07, 6.45) is -2.82. The lowest BCUT2D eigenvalue weighted by Crippen LogP contribution is -2.21. The van der Waals surface area contributed by atoms with Gasteiger partial charge in [-0.25, -0.2) is 4.79 Å². The van der Waals surface area contributed by atoms with Gasteiger partial charge >= 0.3 is 12.1 Å². The number of nitriles is 1. The molecule has 0 atom stereocenters. The molecule has 35 heavy (non-hydrogen) atoms. The molecule has 0 radical (unpaired) electrons. The summed E-state index contributed by atoms with van der Waals surface area (Å²) in [7, 11) is 3.59. The van der Waals surface area contributed by atoms with Gasteiger partial charge in [0.05, 0.1) is 11.6 Å². The fourth-order valence-corrected chi connectivity index (χ4v) is 3.34. The highest BCUT2D eigenvalue weighted by Gasteiger charge is 2.38. The van der Waals surface area contributed by atoms with Crippen LogP contribution < -0.4 is 0 Å². The third-order valence-corrected chi connectivity index (χ3v) is 5.15. The molecule has 5 nitrogen and oxygen atoms in total. The van der Waals surface area contributed by atoms with Crippen LogP contribution in [0.25, 0.3) is 22.3 Å². The predicted octanol–water partition coefficient (Wildman–Crippen LogP) is 5.94. The van der Waals surface area contributed by atoms with Gasteiger partial charge in [-0.2, -0.15) is 18.4 Å². The largest absolute Gasteiger partial charge is 0.490 e. The van der Waals surface area contributed by atoms with E-state index in [2.05, 4.69) is 42.5 Å². The molecule has 0 aliphatic rings. The first kappa shape index (κ1) is 27.1. The Labute approximate surface area is 202 Å². The molecule has 0 spiro atoms. The van der Waals surface area contributed by atoms with Crippen molar-refractivity contribution in [1.29, 1.82) is 5.26 Å². The highest BCUT2D eigenvalue weighted by molar-refractivity contribution is 5.76. The number of alkyl halides is 3. The zero-order valence-corrected chi connectivity index (χ0v) is 19.3. The first-order valence-corrected chi connectivity index (χ1v) is 10.7. The number of halogens is 3. The topological polar surface area (TPSA) is 81.4 Å². The average molecular weight is 483 g/mol. The lowest BCUT2D eigenvalue weighted by Gasteiger charge is -2.12. The molecule has 0 saturated carbocycles. The number of aliphatic carboxylic acids is 1. The molecule has 0 fully saturated rings. The van der Waals surface area contributed by atoms with E-state index in [-0.39, 0.29) is 5.91 Å². The predicted molar refractivity (Wildman–Crippen MR) is 127 cm³/mol. The normalized spacial score (nSPS) is 10.5. The van der Waals surface area contributed by atoms with Gasteiger partial charge in [0.15, 0.2) is 0 Å². The van der Waals surface area contributed by atoms with E-state index in [0.717, 1.165) is 29.5 Å². The number of aryl methyl sites for hydroxylation is 1. The van der Waals surface area contributed by atoms with Crippen molar-refractivity contribution in [3.05, 3.63) is 83.9 Å². The maximum Gasteiger partial charge on any atom is 0.490 e. The average Bonchev–Trinajstić information content (AvgIpc) is 2.84. The zero-order valence-electron chi connectivity index (χ0n) is 19.3. The summed E-state index contributed by atoms with van der Waals surface area (Å²) in [5.41, 5.74) is 6.26. The Balaban J connectivity index is 0.000000540. The number of carbonyl (C=O) groups is 2. The minimum Gasteiger partial charge on any atom is -0.475 e. The van der Waals surface area contributed by atoms with Crippen molar-refractivity contribution in [2.45, 2.75) is 25.4 Å². The van der Waals surface area contributed by atoms with Gasteiger partial charge in [0.1, 0.15) is 0 Å². The minimum atomic E-state index is -5.08. The van der Waals surface area contributed by atoms with Crippen LogP contribution in [0, 0.1) is 11.3 Å². The maximum absolute atomic E-state index is 11.8. The van der Waals surface area contributed by atoms with Crippen molar-refractivity contribution >= 4 is 11.9 Å². The number of rotatable bonds is 6. The highest BCUT2D eigenvalue weighted by Crippen LogP contribution is 2.29. The van der Waals surface area contributed by atoms with Gasteiger partial charge in [-0.05, 0) is 46.7 Å². The summed E-state index contributed by atoms with van der Waals surface area (Å²) in [5, 5.41) is 16.5. The first-order valence-electron chi connectivity index (χ1n) is 10.7. The van der Waals surface area contributed by atoms with E-state index in [1.807, 2.05) is 36.4 Å². The van der Waals surface area contributed by atoms with E-state index in [1.54, 1.807) is 19.0 Å². The second-order valence-corrected chi connectivity index (χ2v) is 7.84. The zero-order chi connectivity index (χ0) is 26.0. The Morgan fingerprint density at radius 2 is 1.37 bits per heavy atom. The van der Waals surface area contributed by atoms with Crippen LogP contribution in [0.4, 0.5) is 13.2 Å². The molecule has 8 heteroatoms. The van der Waals surface area contributed by atoms with E-state index in [9.17, 15) is 23.2 Å². The van der Waals surface area contributed by atoms with Gasteiger partial charge in [-0.3, -0.25) is 4.79 Å². The molecule has 0 unspecified atom stereocenters. The molecule has 3 aromatic carbocycles. The van der Waals surface area contributed by atoms with Gasteiger partial charge in [0.2, 0.25) is 5.91 Å². The smallest absolute Gasteiger partial charge is 0.475 e. The first-order chi connectivity index (χ1) is 16.5. The summed E-state index contributed by atoms with van der Waals surface area (Å²) in [6, 6.07) is 26.6. The van der Waals surface area contributed by atoms with Crippen LogP contribution in [-0.2, 0) is 16.0 Å². The molecular weight excluding hydrogens is 457 g/mol. The van der Waals surface area contributed by atoms with Crippen LogP contribution in [0.1, 0.15) is 24.0 Å². The van der Waals surface area contributed by atoms with Crippen molar-refractivity contribution < 1.29 is 27.9 Å². The molecular formula is C27H25F3N2O3. The van der Waals surface area contributed by atoms with Crippen LogP contribution in [-0.4, -0.2) is 42.2 Å². The second kappa shape index (κ2) is 12.4. The van der Waals surface area contributed by atoms with E-state index < -0.39 is 12.1 Å². The third-order valence-electron chi connectivity index (χ3n) is 5.15. The van der Waals surface area contributed by atoms with E-state index in [0.29, 0.717) is 12.0 Å². The molecule has 182 valence electrons. The van der Waals surface area contributed by atoms with Gasteiger partial charge < -0.3 is 10.0 Å². The molecule has 0 heterocycles. The molecule has 3 aromatic rings. The van der Waals surface area contributed by atoms with Crippen molar-refractivity contribution in [2.75, 3.05) is 14.1 Å². The van der Waals surface area contributed by atoms with E-state index in [1.165, 1.54) is 11.1 Å². The number of amides is 1. The third kappa shape index (κ3) is 8.00. The summed E-state index contributed by atoms with van der Waals surface area (Å²) in [5.74, 6) is -2.59. The number of carboxylic acid groups (broad SMARTS) is 1. The van der Waals surface area contributed by atoms with E-state index >= 15 is 0 Å². The molecule has 0 aliphatic carbocycles. The minimum absolute atomic E-state index is 0.165. The van der Waals surface area contributed by atoms with Gasteiger partial charge in [-0.1, -0.05) is 66.7 Å². The number of nitrogens with zero attached hydrogens (tertiary/aromatic N) is 2. The molecule has 3 rings (SSSR count). The standard InChI is InChI=1S/C25H24N2O.C2HF3O2/c1-27(2)25(28)13-7-10-19-8-3-5-11-23(19)20-14-16-21(17-15-20)24-12-6-4-9-22(24)18-26;3-2(4,5)1(6)7/h3-6,8-9,11-12,14-17H,7,10,13H2,1-2H3;(H,6,7). The molecule has 1 amide bonds. The Morgan fingerprint density at radius 3 is 1.89 bits per heavy atom. The number of hydrogen-bond donors (Lipinski definition) is 1. The Hall–Kier alpha value is -4.12. The SMILES string of the molecule is CN(C)C(=O)CCCc1ccccc1-c1ccc(-c2ccccc2C#N)cc1.O=C(O)C(F)(F)F. The van der Waals surface area contributed by atoms with Crippen LogP contribution in [0.2, 0.25) is 0 Å². The van der Waals surface area contributed by atoms with Gasteiger partial charge in [0.25, 0.3) is 0 Å². The number of hydrogen-bond acceptors (Lipinski definition) is 3. The molecule has 0 saturated heterocycles. The summed E-state index contributed by atoms with van der Waals surface area (Å²) >= 11 is 0. The van der Waals surface area contributed by atoms with Gasteiger partial charge in [-0.15, -0.1) is 0 Å². The summed E-state index contributed by atoms with van der Waals surface area (Å²) < 4.78 is 31.7. The lowest BCUT2D eigenvalue weighted by atomic mass is 9.93. The second-order valence-electron chi connectivity index (χ2n) is 7.84. The summed E-state index contributed by atoms with van der Waals surface area (Å²) in [4.78, 5) is 22.4. The van der Waals surface area contributed by atoms with Crippen molar-refractivity contribution in [1.82, 2.24) is 4.90 Å². The van der Waals surface area contributed by atoms with Crippen molar-refractivity contribution in [2.24, 2.45) is 0 Å². The van der Waals surface area contributed by atoms with Crippen molar-refractivity contribution in [3.8, 4) is 28.3 Å². The molecule has 1 N–H and O–H groups in total. The lowest BCUT2D eigenvalue weighted by molar-refractivity contribution is -0.192. The highest BCUT2D eigenvalue weighted by atomic mass is 19.4. The molecule has 0 aliphatic heterocycles. The quantitative estimate of drug-likeness (QED) is 0.472. The fraction of sp³-hybridized carbons (Fsp3) is 0.222. The number of benzene rings is 3. The number of carbonyl (C=O) groups excluding carboxylic acids is 1. The fourth-order valence-electron chi connectivity index (χ4n) is 3.34. The van der Waals surface area contributed by atoms with Crippen LogP contribution in [0.5, 0.6) is 0 Å². The van der Waals surface area contributed by atoms with E-state index in [4.69, 9.17) is 9.90 Å². The Kier molecular flexibility index (Phi) is 9.59. The maximum atomic E-state index is 11.8. The monoisotopic (exact) mass is 482 g/mol. The summed E-state index contributed by atoms with van der Waals surface area (Å²) in [6.45, 7) is 0.